The standard InChI is InChI=1S/C20H26N4O2/c1-14-5-6-15(2)17(10-14)11-19(26)23-8-3-4-16(12-23)20-22-7-9-24(20)13-18(21)25/h5-7,9-10,16H,3-4,8,11-13H2,1-2H3,(H2,21,25). The predicted octanol–water partition coefficient (Wildman–Crippen LogP) is 1.93. The molecule has 0 spiro atoms. The Morgan fingerprint density at radius 2 is 2.12 bits per heavy atom. The first-order valence-electron chi connectivity index (χ1n) is 9.07. The van der Waals surface area contributed by atoms with Gasteiger partial charge < -0.3 is 15.2 Å². The lowest BCUT2D eigenvalue weighted by atomic mass is 9.96. The Morgan fingerprint density at radius 1 is 1.31 bits per heavy atom. The number of likely N-dealkylation sites (tertiary alicyclic amines) is 1. The summed E-state index contributed by atoms with van der Waals surface area (Å²) in [5.41, 5.74) is 8.73. The van der Waals surface area contributed by atoms with Crippen molar-refractivity contribution in [3.05, 3.63) is 53.1 Å². The Morgan fingerprint density at radius 3 is 2.88 bits per heavy atom. The number of amides is 2. The predicted molar refractivity (Wildman–Crippen MR) is 99.6 cm³/mol. The van der Waals surface area contributed by atoms with Gasteiger partial charge in [0.15, 0.2) is 0 Å². The molecule has 1 aromatic heterocycles. The molecule has 0 saturated carbocycles. The first kappa shape index (κ1) is 18.2. The van der Waals surface area contributed by atoms with E-state index < -0.39 is 0 Å². The van der Waals surface area contributed by atoms with Gasteiger partial charge in [0.2, 0.25) is 11.8 Å². The highest BCUT2D eigenvalue weighted by Crippen LogP contribution is 2.26. The molecule has 0 bridgehead atoms. The number of benzene rings is 1. The minimum atomic E-state index is -0.386. The molecule has 6 nitrogen and oxygen atoms in total. The van der Waals surface area contributed by atoms with Gasteiger partial charge in [-0.2, -0.15) is 0 Å². The first-order chi connectivity index (χ1) is 12.4. The van der Waals surface area contributed by atoms with Gasteiger partial charge in [-0.1, -0.05) is 23.8 Å². The molecule has 1 fully saturated rings. The van der Waals surface area contributed by atoms with Gasteiger partial charge in [0.1, 0.15) is 12.4 Å². The molecule has 1 unspecified atom stereocenters. The number of imidazole rings is 1. The zero-order valence-electron chi connectivity index (χ0n) is 15.4. The Balaban J connectivity index is 1.70. The summed E-state index contributed by atoms with van der Waals surface area (Å²) in [6.07, 6.45) is 5.79. The maximum atomic E-state index is 12.8. The minimum Gasteiger partial charge on any atom is -0.368 e. The van der Waals surface area contributed by atoms with Crippen molar-refractivity contribution in [1.82, 2.24) is 14.5 Å². The Hall–Kier alpha value is -2.63. The highest BCUT2D eigenvalue weighted by Gasteiger charge is 2.27. The number of aryl methyl sites for hydroxylation is 2. The number of piperidine rings is 1. The summed E-state index contributed by atoms with van der Waals surface area (Å²) in [4.78, 5) is 30.4. The number of carbonyl (C=O) groups excluding carboxylic acids is 2. The first-order valence-corrected chi connectivity index (χ1v) is 9.07. The van der Waals surface area contributed by atoms with Gasteiger partial charge >= 0.3 is 0 Å². The molecule has 2 aromatic rings. The van der Waals surface area contributed by atoms with Crippen molar-refractivity contribution in [2.24, 2.45) is 5.73 Å². The largest absolute Gasteiger partial charge is 0.368 e. The second-order valence-electron chi connectivity index (χ2n) is 7.17. The van der Waals surface area contributed by atoms with E-state index in [0.29, 0.717) is 13.0 Å². The van der Waals surface area contributed by atoms with Crippen LogP contribution in [-0.2, 0) is 22.6 Å². The molecule has 1 aromatic carbocycles. The quantitative estimate of drug-likeness (QED) is 0.891. The fourth-order valence-corrected chi connectivity index (χ4v) is 3.66. The summed E-state index contributed by atoms with van der Waals surface area (Å²) in [5, 5.41) is 0. The molecule has 2 amide bonds. The average Bonchev–Trinajstić information content (AvgIpc) is 3.05. The van der Waals surface area contributed by atoms with Crippen LogP contribution in [0.2, 0.25) is 0 Å². The summed E-state index contributed by atoms with van der Waals surface area (Å²) < 4.78 is 1.80. The normalized spacial score (nSPS) is 17.3. The van der Waals surface area contributed by atoms with Gasteiger partial charge in [-0.25, -0.2) is 4.98 Å². The van der Waals surface area contributed by atoms with E-state index in [1.54, 1.807) is 17.0 Å². The van der Waals surface area contributed by atoms with Crippen molar-refractivity contribution in [3.8, 4) is 0 Å². The number of aromatic nitrogens is 2. The summed E-state index contributed by atoms with van der Waals surface area (Å²) >= 11 is 0. The highest BCUT2D eigenvalue weighted by molar-refractivity contribution is 5.79. The lowest BCUT2D eigenvalue weighted by Crippen LogP contribution is -2.40. The maximum absolute atomic E-state index is 12.8. The van der Waals surface area contributed by atoms with Crippen LogP contribution in [0.25, 0.3) is 0 Å². The van der Waals surface area contributed by atoms with Gasteiger partial charge in [0.05, 0.1) is 6.42 Å². The van der Waals surface area contributed by atoms with E-state index in [1.807, 2.05) is 18.7 Å². The van der Waals surface area contributed by atoms with Crippen molar-refractivity contribution in [2.75, 3.05) is 13.1 Å². The number of hydrogen-bond donors (Lipinski definition) is 1. The summed E-state index contributed by atoms with van der Waals surface area (Å²) in [7, 11) is 0. The molecule has 1 aliphatic rings. The molecule has 1 saturated heterocycles. The van der Waals surface area contributed by atoms with E-state index in [1.165, 1.54) is 5.56 Å². The third-order valence-electron chi connectivity index (χ3n) is 5.06. The van der Waals surface area contributed by atoms with E-state index in [9.17, 15) is 9.59 Å². The van der Waals surface area contributed by atoms with Crippen LogP contribution in [0, 0.1) is 13.8 Å². The molecular formula is C20H26N4O2. The van der Waals surface area contributed by atoms with Crippen LogP contribution in [0.1, 0.15) is 41.3 Å². The van der Waals surface area contributed by atoms with Crippen LogP contribution in [0.4, 0.5) is 0 Å². The van der Waals surface area contributed by atoms with Gasteiger partial charge in [0.25, 0.3) is 0 Å². The highest BCUT2D eigenvalue weighted by atomic mass is 16.2. The number of carbonyl (C=O) groups is 2. The molecular weight excluding hydrogens is 328 g/mol. The van der Waals surface area contributed by atoms with Crippen LogP contribution in [0.3, 0.4) is 0 Å². The van der Waals surface area contributed by atoms with Crippen molar-refractivity contribution in [1.29, 1.82) is 0 Å². The SMILES string of the molecule is Cc1ccc(C)c(CC(=O)N2CCCC(c3nccn3CC(N)=O)C2)c1. The van der Waals surface area contributed by atoms with Crippen molar-refractivity contribution in [2.45, 2.75) is 45.6 Å². The molecule has 6 heteroatoms. The molecule has 2 heterocycles. The monoisotopic (exact) mass is 354 g/mol. The fourth-order valence-electron chi connectivity index (χ4n) is 3.66. The zero-order valence-corrected chi connectivity index (χ0v) is 15.4. The number of nitrogens with two attached hydrogens (primary N) is 1. The Bertz CT molecular complexity index is 812. The van der Waals surface area contributed by atoms with Gasteiger partial charge in [-0.05, 0) is 37.8 Å². The summed E-state index contributed by atoms with van der Waals surface area (Å²) in [6, 6.07) is 6.23. The second kappa shape index (κ2) is 7.72. The topological polar surface area (TPSA) is 81.2 Å². The van der Waals surface area contributed by atoms with E-state index in [4.69, 9.17) is 5.73 Å². The number of primary amides is 1. The van der Waals surface area contributed by atoms with E-state index in [2.05, 4.69) is 23.2 Å². The van der Waals surface area contributed by atoms with Gasteiger partial charge in [0, 0.05) is 31.4 Å². The average molecular weight is 354 g/mol. The van der Waals surface area contributed by atoms with Gasteiger partial charge in [-0.3, -0.25) is 9.59 Å². The van der Waals surface area contributed by atoms with E-state index >= 15 is 0 Å². The van der Waals surface area contributed by atoms with Crippen LogP contribution in [0.15, 0.2) is 30.6 Å². The molecule has 3 rings (SSSR count). The second-order valence-corrected chi connectivity index (χ2v) is 7.17. The third-order valence-corrected chi connectivity index (χ3v) is 5.06. The van der Waals surface area contributed by atoms with E-state index in [0.717, 1.165) is 36.3 Å². The van der Waals surface area contributed by atoms with Crippen molar-refractivity contribution in [3.63, 3.8) is 0 Å². The molecule has 1 atom stereocenters. The molecule has 1 aliphatic heterocycles. The van der Waals surface area contributed by atoms with Gasteiger partial charge in [-0.15, -0.1) is 0 Å². The minimum absolute atomic E-state index is 0.127. The summed E-state index contributed by atoms with van der Waals surface area (Å²) in [5.74, 6) is 0.744. The molecule has 26 heavy (non-hydrogen) atoms. The molecule has 0 aliphatic carbocycles. The number of nitrogens with zero attached hydrogens (tertiary/aromatic N) is 3. The number of rotatable bonds is 5. The zero-order chi connectivity index (χ0) is 18.7. The molecule has 2 N–H and O–H groups in total. The summed E-state index contributed by atoms with van der Waals surface area (Å²) in [6.45, 7) is 5.63. The molecule has 138 valence electrons. The van der Waals surface area contributed by atoms with Crippen molar-refractivity contribution >= 4 is 11.8 Å². The third kappa shape index (κ3) is 4.12. The van der Waals surface area contributed by atoms with Crippen LogP contribution < -0.4 is 5.73 Å². The Kier molecular flexibility index (Phi) is 5.40. The maximum Gasteiger partial charge on any atom is 0.237 e. The number of hydrogen-bond acceptors (Lipinski definition) is 3. The molecule has 0 radical (unpaired) electrons. The Labute approximate surface area is 154 Å². The van der Waals surface area contributed by atoms with Crippen LogP contribution in [-0.4, -0.2) is 39.4 Å². The van der Waals surface area contributed by atoms with Crippen molar-refractivity contribution < 1.29 is 9.59 Å². The van der Waals surface area contributed by atoms with Crippen LogP contribution >= 0.6 is 0 Å². The lowest BCUT2D eigenvalue weighted by Gasteiger charge is -2.33. The smallest absolute Gasteiger partial charge is 0.237 e. The lowest BCUT2D eigenvalue weighted by molar-refractivity contribution is -0.131. The van der Waals surface area contributed by atoms with E-state index in [-0.39, 0.29) is 24.3 Å². The fraction of sp³-hybridized carbons (Fsp3) is 0.450. The van der Waals surface area contributed by atoms with Crippen LogP contribution in [0.5, 0.6) is 0 Å².